The minimum atomic E-state index is -0.695. The summed E-state index contributed by atoms with van der Waals surface area (Å²) >= 11 is 0. The minimum Gasteiger partial charge on any atom is -0.274 e. The van der Waals surface area contributed by atoms with Crippen LogP contribution in [0.1, 0.15) is 22.3 Å². The van der Waals surface area contributed by atoms with Crippen LogP contribution in [0.2, 0.25) is 0 Å². The van der Waals surface area contributed by atoms with E-state index in [1.54, 1.807) is 0 Å². The van der Waals surface area contributed by atoms with Crippen molar-refractivity contribution in [3.63, 3.8) is 0 Å². The summed E-state index contributed by atoms with van der Waals surface area (Å²) in [6.07, 6.45) is 0.442. The van der Waals surface area contributed by atoms with E-state index in [9.17, 15) is 4.79 Å². The molecule has 0 N–H and O–H groups in total. The highest BCUT2D eigenvalue weighted by Crippen LogP contribution is 2.23. The second kappa shape index (κ2) is 12.1. The third-order valence-corrected chi connectivity index (χ3v) is 6.59. The molecule has 0 aliphatic heterocycles. The van der Waals surface area contributed by atoms with Crippen LogP contribution in [0.15, 0.2) is 138 Å². The van der Waals surface area contributed by atoms with Gasteiger partial charge < -0.3 is 0 Å². The molecule has 5 aromatic carbocycles. The van der Waals surface area contributed by atoms with Crippen LogP contribution in [0.25, 0.3) is 10.8 Å². The molecule has 0 saturated carbocycles. The number of amides is 1. The lowest BCUT2D eigenvalue weighted by Gasteiger charge is -2.25. The van der Waals surface area contributed by atoms with Crippen LogP contribution < -0.4 is 0 Å². The Bertz CT molecular complexity index is 1470. The number of benzene rings is 5. The van der Waals surface area contributed by atoms with Gasteiger partial charge in [-0.05, 0) is 21.9 Å². The predicted octanol–water partition coefficient (Wildman–Crippen LogP) is 6.88. The Kier molecular flexibility index (Phi) is 8.02. The Labute approximate surface area is 223 Å². The molecule has 0 bridgehead atoms. The molecule has 0 aromatic heterocycles. The largest absolute Gasteiger partial charge is 0.274 e. The summed E-state index contributed by atoms with van der Waals surface area (Å²) in [7, 11) is 1.54. The molecule has 188 valence electrons. The number of hydrogen-bond acceptors (Lipinski definition) is 3. The van der Waals surface area contributed by atoms with Gasteiger partial charge in [-0.25, -0.2) is 5.06 Å². The number of rotatable bonds is 9. The fourth-order valence-corrected chi connectivity index (χ4v) is 4.68. The summed E-state index contributed by atoms with van der Waals surface area (Å²) in [5.74, 6) is -0.186. The van der Waals surface area contributed by atoms with E-state index >= 15 is 0 Å². The van der Waals surface area contributed by atoms with Crippen LogP contribution in [0.3, 0.4) is 0 Å². The van der Waals surface area contributed by atoms with Gasteiger partial charge in [-0.3, -0.25) is 14.6 Å². The fourth-order valence-electron chi connectivity index (χ4n) is 4.68. The Balaban J connectivity index is 1.60. The highest BCUT2D eigenvalue weighted by molar-refractivity contribution is 6.13. The third kappa shape index (κ3) is 5.88. The van der Waals surface area contributed by atoms with Gasteiger partial charge >= 0.3 is 0 Å². The van der Waals surface area contributed by atoms with Gasteiger partial charge in [0.15, 0.2) is 0 Å². The molecule has 0 fully saturated rings. The average molecular weight is 499 g/mol. The minimum absolute atomic E-state index is 0.186. The van der Waals surface area contributed by atoms with Crippen LogP contribution in [0, 0.1) is 0 Å². The van der Waals surface area contributed by atoms with E-state index in [1.165, 1.54) is 12.2 Å². The van der Waals surface area contributed by atoms with Gasteiger partial charge in [-0.1, -0.05) is 133 Å². The van der Waals surface area contributed by atoms with Gasteiger partial charge in [0, 0.05) is 17.5 Å². The molecule has 5 aromatic rings. The SMILES string of the molecule is CON(Cc1ccccc1)C(=O)[C@@H](Cc1cccc2ccccc12)N=C(c1ccccc1)c1ccccc1. The highest BCUT2D eigenvalue weighted by atomic mass is 16.7. The zero-order valence-corrected chi connectivity index (χ0v) is 21.4. The Morgan fingerprint density at radius 3 is 1.89 bits per heavy atom. The van der Waals surface area contributed by atoms with Crippen molar-refractivity contribution in [3.05, 3.63) is 156 Å². The second-order valence-electron chi connectivity index (χ2n) is 9.11. The van der Waals surface area contributed by atoms with E-state index < -0.39 is 6.04 Å². The molecular weight excluding hydrogens is 468 g/mol. The third-order valence-electron chi connectivity index (χ3n) is 6.59. The average Bonchev–Trinajstić information content (AvgIpc) is 2.99. The molecule has 0 saturated heterocycles. The van der Waals surface area contributed by atoms with Gasteiger partial charge in [0.05, 0.1) is 19.4 Å². The zero-order valence-electron chi connectivity index (χ0n) is 21.4. The molecule has 0 unspecified atom stereocenters. The van der Waals surface area contributed by atoms with Gasteiger partial charge in [0.2, 0.25) is 0 Å². The van der Waals surface area contributed by atoms with Crippen molar-refractivity contribution < 1.29 is 9.63 Å². The summed E-state index contributed by atoms with van der Waals surface area (Å²) in [5.41, 5.74) is 4.76. The van der Waals surface area contributed by atoms with Crippen LogP contribution in [0.5, 0.6) is 0 Å². The molecule has 5 rings (SSSR count). The Morgan fingerprint density at radius 1 is 0.711 bits per heavy atom. The van der Waals surface area contributed by atoms with E-state index in [0.29, 0.717) is 13.0 Å². The van der Waals surface area contributed by atoms with Gasteiger partial charge in [-0.15, -0.1) is 0 Å². The standard InChI is InChI=1S/C34H30N2O2/c1-38-36(25-26-14-5-2-6-15-26)34(37)32(24-30-22-13-21-27-16-11-12-23-31(27)30)35-33(28-17-7-3-8-18-28)29-19-9-4-10-20-29/h2-23,32H,24-25H2,1H3/t32-/m1/s1. The van der Waals surface area contributed by atoms with Crippen LogP contribution in [0.4, 0.5) is 0 Å². The van der Waals surface area contributed by atoms with Crippen LogP contribution in [-0.2, 0) is 22.6 Å². The van der Waals surface area contributed by atoms with Gasteiger partial charge in [0.25, 0.3) is 5.91 Å². The summed E-state index contributed by atoms with van der Waals surface area (Å²) in [6.45, 7) is 0.337. The number of hydrogen-bond donors (Lipinski definition) is 0. The smallest absolute Gasteiger partial charge is 0.271 e. The van der Waals surface area contributed by atoms with E-state index in [-0.39, 0.29) is 5.91 Å². The summed E-state index contributed by atoms with van der Waals surface area (Å²) < 4.78 is 0. The second-order valence-corrected chi connectivity index (χ2v) is 9.11. The van der Waals surface area contributed by atoms with Crippen molar-refractivity contribution in [1.29, 1.82) is 0 Å². The molecule has 38 heavy (non-hydrogen) atoms. The number of aliphatic imine (C=N–C) groups is 1. The Morgan fingerprint density at radius 2 is 1.26 bits per heavy atom. The molecule has 1 amide bonds. The Hall–Kier alpha value is -4.54. The van der Waals surface area contributed by atoms with E-state index in [2.05, 4.69) is 24.3 Å². The summed E-state index contributed by atoms with van der Waals surface area (Å²) in [5, 5.41) is 3.68. The van der Waals surface area contributed by atoms with Gasteiger partial charge in [0.1, 0.15) is 6.04 Å². The maximum absolute atomic E-state index is 14.1. The van der Waals surface area contributed by atoms with Crippen molar-refractivity contribution in [2.24, 2.45) is 4.99 Å². The molecule has 4 heteroatoms. The van der Waals surface area contributed by atoms with Crippen molar-refractivity contribution in [2.75, 3.05) is 7.11 Å². The van der Waals surface area contributed by atoms with Crippen LogP contribution in [-0.4, -0.2) is 29.8 Å². The quantitative estimate of drug-likeness (QED) is 0.164. The normalized spacial score (nSPS) is 11.6. The first-order valence-electron chi connectivity index (χ1n) is 12.8. The maximum Gasteiger partial charge on any atom is 0.271 e. The van der Waals surface area contributed by atoms with Crippen molar-refractivity contribution in [1.82, 2.24) is 5.06 Å². The molecule has 0 heterocycles. The lowest BCUT2D eigenvalue weighted by atomic mass is 9.97. The molecule has 4 nitrogen and oxygen atoms in total. The van der Waals surface area contributed by atoms with Gasteiger partial charge in [-0.2, -0.15) is 0 Å². The number of nitrogens with zero attached hydrogens (tertiary/aromatic N) is 2. The van der Waals surface area contributed by atoms with E-state index in [1.807, 2.05) is 109 Å². The summed E-state index contributed by atoms with van der Waals surface area (Å²) in [4.78, 5) is 24.9. The van der Waals surface area contributed by atoms with Crippen LogP contribution >= 0.6 is 0 Å². The maximum atomic E-state index is 14.1. The fraction of sp³-hybridized carbons (Fsp3) is 0.118. The molecule has 0 aliphatic carbocycles. The first kappa shape index (κ1) is 25.1. The molecule has 0 aliphatic rings. The van der Waals surface area contributed by atoms with Crippen molar-refractivity contribution in [3.8, 4) is 0 Å². The van der Waals surface area contributed by atoms with Crippen molar-refractivity contribution in [2.45, 2.75) is 19.0 Å². The lowest BCUT2D eigenvalue weighted by molar-refractivity contribution is -0.180. The number of carbonyl (C=O) groups excluding carboxylic acids is 1. The van der Waals surface area contributed by atoms with E-state index in [0.717, 1.165) is 38.7 Å². The molecule has 1 atom stereocenters. The van der Waals surface area contributed by atoms with Crippen molar-refractivity contribution >= 4 is 22.4 Å². The molecular formula is C34H30N2O2. The number of carbonyl (C=O) groups is 1. The topological polar surface area (TPSA) is 41.9 Å². The highest BCUT2D eigenvalue weighted by Gasteiger charge is 2.27. The first-order valence-corrected chi connectivity index (χ1v) is 12.8. The number of hydroxylamine groups is 2. The lowest BCUT2D eigenvalue weighted by Crippen LogP contribution is -2.39. The monoisotopic (exact) mass is 498 g/mol. The zero-order chi connectivity index (χ0) is 26.2. The predicted molar refractivity (Wildman–Crippen MR) is 154 cm³/mol. The molecule has 0 spiro atoms. The van der Waals surface area contributed by atoms with E-state index in [4.69, 9.17) is 9.83 Å². The number of fused-ring (bicyclic) bond motifs is 1. The first-order chi connectivity index (χ1) is 18.7. The molecule has 0 radical (unpaired) electrons. The summed E-state index contributed by atoms with van der Waals surface area (Å²) in [6, 6.07) is 43.7.